The lowest BCUT2D eigenvalue weighted by molar-refractivity contribution is 0.114. The third-order valence-electron chi connectivity index (χ3n) is 2.61. The molecule has 2 unspecified atom stereocenters. The second kappa shape index (κ2) is 8.69. The Kier molecular flexibility index (Phi) is 8.94. The van der Waals surface area contributed by atoms with E-state index in [0.29, 0.717) is 12.0 Å². The van der Waals surface area contributed by atoms with Crippen LogP contribution >= 0.6 is 15.9 Å². The lowest BCUT2D eigenvalue weighted by atomic mass is 10.1. The van der Waals surface area contributed by atoms with Gasteiger partial charge in [-0.05, 0) is 19.3 Å². The molecule has 0 rings (SSSR count). The van der Waals surface area contributed by atoms with Gasteiger partial charge in [0.15, 0.2) is 0 Å². The number of methoxy groups -OCH3 is 1. The molecule has 0 heterocycles. The van der Waals surface area contributed by atoms with Gasteiger partial charge in [-0.3, -0.25) is 4.90 Å². The van der Waals surface area contributed by atoms with Crippen LogP contribution in [0.3, 0.4) is 0 Å². The summed E-state index contributed by atoms with van der Waals surface area (Å²) in [5, 5.41) is 1.08. The standard InChI is InChI=1S/C11H24BrNO/c1-5-11(3)13(6-7-14-4)9-10(2)8-12/h10-11H,5-9H2,1-4H3. The summed E-state index contributed by atoms with van der Waals surface area (Å²) in [6, 6.07) is 0.659. The summed E-state index contributed by atoms with van der Waals surface area (Å²) in [6.07, 6.45) is 1.21. The first-order chi connectivity index (χ1) is 6.65. The van der Waals surface area contributed by atoms with E-state index in [-0.39, 0.29) is 0 Å². The van der Waals surface area contributed by atoms with Crippen molar-refractivity contribution >= 4 is 15.9 Å². The third kappa shape index (κ3) is 5.99. The minimum atomic E-state index is 0.659. The fourth-order valence-corrected chi connectivity index (χ4v) is 1.61. The smallest absolute Gasteiger partial charge is 0.0589 e. The highest BCUT2D eigenvalue weighted by atomic mass is 79.9. The number of ether oxygens (including phenoxy) is 1. The summed E-state index contributed by atoms with van der Waals surface area (Å²) in [5.74, 6) is 0.709. The first-order valence-electron chi connectivity index (χ1n) is 5.44. The molecule has 0 aromatic carbocycles. The van der Waals surface area contributed by atoms with Crippen LogP contribution in [0.2, 0.25) is 0 Å². The van der Waals surface area contributed by atoms with Crippen molar-refractivity contribution in [3.05, 3.63) is 0 Å². The number of nitrogens with zero attached hydrogens (tertiary/aromatic N) is 1. The Morgan fingerprint density at radius 1 is 1.36 bits per heavy atom. The van der Waals surface area contributed by atoms with Crippen LogP contribution in [0.1, 0.15) is 27.2 Å². The molecule has 0 spiro atoms. The van der Waals surface area contributed by atoms with E-state index in [1.807, 2.05) is 0 Å². The van der Waals surface area contributed by atoms with Crippen LogP contribution < -0.4 is 0 Å². The van der Waals surface area contributed by atoms with Crippen molar-refractivity contribution in [2.75, 3.05) is 32.1 Å². The van der Waals surface area contributed by atoms with Crippen LogP contribution in [0.5, 0.6) is 0 Å². The fourth-order valence-electron chi connectivity index (χ4n) is 1.41. The largest absolute Gasteiger partial charge is 0.383 e. The zero-order chi connectivity index (χ0) is 11.0. The zero-order valence-electron chi connectivity index (χ0n) is 9.92. The number of hydrogen-bond donors (Lipinski definition) is 0. The highest BCUT2D eigenvalue weighted by Gasteiger charge is 2.14. The van der Waals surface area contributed by atoms with Crippen LogP contribution in [0.25, 0.3) is 0 Å². The molecule has 14 heavy (non-hydrogen) atoms. The van der Waals surface area contributed by atoms with Crippen molar-refractivity contribution in [1.29, 1.82) is 0 Å². The molecule has 0 aliphatic carbocycles. The van der Waals surface area contributed by atoms with E-state index < -0.39 is 0 Å². The summed E-state index contributed by atoms with van der Waals surface area (Å²) < 4.78 is 5.13. The molecule has 0 bridgehead atoms. The first kappa shape index (κ1) is 14.4. The normalized spacial score (nSPS) is 15.9. The van der Waals surface area contributed by atoms with E-state index in [0.717, 1.165) is 25.0 Å². The second-order valence-corrected chi connectivity index (χ2v) is 4.65. The molecule has 0 amide bonds. The van der Waals surface area contributed by atoms with Gasteiger partial charge in [0.05, 0.1) is 6.61 Å². The van der Waals surface area contributed by atoms with Gasteiger partial charge < -0.3 is 4.74 Å². The van der Waals surface area contributed by atoms with Gasteiger partial charge in [0.1, 0.15) is 0 Å². The van der Waals surface area contributed by atoms with Crippen molar-refractivity contribution in [3.63, 3.8) is 0 Å². The minimum absolute atomic E-state index is 0.659. The molecule has 0 radical (unpaired) electrons. The average Bonchev–Trinajstić information content (AvgIpc) is 2.22. The zero-order valence-corrected chi connectivity index (χ0v) is 11.5. The van der Waals surface area contributed by atoms with Crippen molar-refractivity contribution in [2.45, 2.75) is 33.2 Å². The van der Waals surface area contributed by atoms with E-state index in [1.165, 1.54) is 6.42 Å². The maximum atomic E-state index is 5.13. The summed E-state index contributed by atoms with van der Waals surface area (Å²) in [5.41, 5.74) is 0. The fraction of sp³-hybridized carbons (Fsp3) is 1.00. The molecular formula is C11H24BrNO. The van der Waals surface area contributed by atoms with E-state index in [1.54, 1.807) is 7.11 Å². The lowest BCUT2D eigenvalue weighted by Crippen LogP contribution is -2.38. The second-order valence-electron chi connectivity index (χ2n) is 4.00. The number of alkyl halides is 1. The van der Waals surface area contributed by atoms with Crippen LogP contribution in [0.4, 0.5) is 0 Å². The number of hydrogen-bond acceptors (Lipinski definition) is 2. The van der Waals surface area contributed by atoms with E-state index in [2.05, 4.69) is 41.6 Å². The topological polar surface area (TPSA) is 12.5 Å². The highest BCUT2D eigenvalue weighted by Crippen LogP contribution is 2.09. The predicted molar refractivity (Wildman–Crippen MR) is 66.2 cm³/mol. The van der Waals surface area contributed by atoms with Gasteiger partial charge in [0, 0.05) is 31.6 Å². The summed E-state index contributed by atoms with van der Waals surface area (Å²) in [6.45, 7) is 9.84. The van der Waals surface area contributed by atoms with Crippen molar-refractivity contribution in [3.8, 4) is 0 Å². The van der Waals surface area contributed by atoms with E-state index in [4.69, 9.17) is 4.74 Å². The molecule has 0 aromatic heterocycles. The van der Waals surface area contributed by atoms with Crippen LogP contribution in [0, 0.1) is 5.92 Å². The Hall–Kier alpha value is 0.400. The highest BCUT2D eigenvalue weighted by molar-refractivity contribution is 9.09. The van der Waals surface area contributed by atoms with Gasteiger partial charge in [-0.15, -0.1) is 0 Å². The van der Waals surface area contributed by atoms with Gasteiger partial charge in [0.2, 0.25) is 0 Å². The molecule has 0 aliphatic heterocycles. The Labute approximate surface area is 97.1 Å². The minimum Gasteiger partial charge on any atom is -0.383 e. The van der Waals surface area contributed by atoms with E-state index >= 15 is 0 Å². The maximum absolute atomic E-state index is 5.13. The molecule has 3 heteroatoms. The van der Waals surface area contributed by atoms with Crippen molar-refractivity contribution in [1.82, 2.24) is 4.90 Å². The Morgan fingerprint density at radius 2 is 2.00 bits per heavy atom. The number of halogens is 1. The van der Waals surface area contributed by atoms with Crippen LogP contribution in [-0.4, -0.2) is 43.1 Å². The van der Waals surface area contributed by atoms with E-state index in [9.17, 15) is 0 Å². The molecule has 0 N–H and O–H groups in total. The summed E-state index contributed by atoms with van der Waals surface area (Å²) in [7, 11) is 1.77. The Bertz CT molecular complexity index is 132. The monoisotopic (exact) mass is 265 g/mol. The predicted octanol–water partition coefficient (Wildman–Crippen LogP) is 2.76. The lowest BCUT2D eigenvalue weighted by Gasteiger charge is -2.30. The molecule has 0 saturated carbocycles. The third-order valence-corrected chi connectivity index (χ3v) is 3.71. The molecule has 0 aliphatic rings. The maximum Gasteiger partial charge on any atom is 0.0589 e. The van der Waals surface area contributed by atoms with Gasteiger partial charge in [-0.25, -0.2) is 0 Å². The average molecular weight is 266 g/mol. The van der Waals surface area contributed by atoms with Crippen molar-refractivity contribution in [2.24, 2.45) is 5.92 Å². The molecule has 2 nitrogen and oxygen atoms in total. The molecular weight excluding hydrogens is 242 g/mol. The molecule has 86 valence electrons. The summed E-state index contributed by atoms with van der Waals surface area (Å²) in [4.78, 5) is 2.51. The van der Waals surface area contributed by atoms with Gasteiger partial charge in [-0.1, -0.05) is 29.8 Å². The quantitative estimate of drug-likeness (QED) is 0.626. The van der Waals surface area contributed by atoms with Crippen LogP contribution in [0.15, 0.2) is 0 Å². The van der Waals surface area contributed by atoms with Gasteiger partial charge >= 0.3 is 0 Å². The first-order valence-corrected chi connectivity index (χ1v) is 6.56. The van der Waals surface area contributed by atoms with Gasteiger partial charge in [-0.2, -0.15) is 0 Å². The summed E-state index contributed by atoms with van der Waals surface area (Å²) >= 11 is 3.52. The molecule has 0 fully saturated rings. The van der Waals surface area contributed by atoms with Gasteiger partial charge in [0.25, 0.3) is 0 Å². The van der Waals surface area contributed by atoms with Crippen LogP contribution in [-0.2, 0) is 4.74 Å². The number of rotatable bonds is 8. The Morgan fingerprint density at radius 3 is 2.43 bits per heavy atom. The molecule has 0 aromatic rings. The van der Waals surface area contributed by atoms with Crippen molar-refractivity contribution < 1.29 is 4.74 Å². The molecule has 0 saturated heterocycles. The Balaban J connectivity index is 3.96. The SMILES string of the molecule is CCC(C)N(CCOC)CC(C)CBr. The molecule has 2 atom stereocenters.